The van der Waals surface area contributed by atoms with Crippen LogP contribution in [0.4, 0.5) is 0 Å². The summed E-state index contributed by atoms with van der Waals surface area (Å²) in [6, 6.07) is 0. The summed E-state index contributed by atoms with van der Waals surface area (Å²) < 4.78 is 22.8. The standard InChI is InChI=1S/C61H107NO8/c1-6-8-10-12-14-16-18-20-22-24-26-27-28-29-30-31-32-34-35-37-39-41-43-45-47-49-51-58(63)68-55-57(56-69-61(60(65)66)67-54-53-62(3,4)5)70-59(64)52-50-48-46-44-42-40-38-36-33-25-23-21-19-17-15-13-11-9-7-2/h9,11,15,17,21,23,33,36,40,42,46,48,57,61H,6-8,10,12-14,16,18-20,22,24-32,34-35,37-39,41,43-45,47,49-56H2,1-5H3/p+1/b11-9-,17-15-,23-21-,36-33-,42-40-,48-46-. The monoisotopic (exact) mass is 983 g/mol. The summed E-state index contributed by atoms with van der Waals surface area (Å²) in [7, 11) is 5.94. The number of ether oxygens (including phenoxy) is 4. The van der Waals surface area contributed by atoms with E-state index in [0.29, 0.717) is 17.4 Å². The fourth-order valence-electron chi connectivity index (χ4n) is 7.86. The van der Waals surface area contributed by atoms with Crippen molar-refractivity contribution >= 4 is 17.9 Å². The highest BCUT2D eigenvalue weighted by Crippen LogP contribution is 2.17. The molecule has 0 saturated heterocycles. The SMILES string of the molecule is CC/C=C\C/C=C\C/C=C\C/C=C\C/C=C\C/C=C\CCC(=O)OC(COC(=O)CCCCCCCCCCCCCCCCCCCCCCCCCCCC)COC(OCC[N+](C)(C)C)C(=O)O. The molecule has 2 atom stereocenters. The van der Waals surface area contributed by atoms with E-state index in [4.69, 9.17) is 18.9 Å². The number of unbranched alkanes of at least 4 members (excludes halogenated alkanes) is 25. The molecule has 0 spiro atoms. The summed E-state index contributed by atoms with van der Waals surface area (Å²) in [5.74, 6) is -2.11. The first kappa shape index (κ1) is 66.7. The second-order valence-electron chi connectivity index (χ2n) is 20.2. The smallest absolute Gasteiger partial charge is 0.361 e. The van der Waals surface area contributed by atoms with Crippen molar-refractivity contribution in [2.24, 2.45) is 0 Å². The zero-order valence-corrected chi connectivity index (χ0v) is 45.9. The summed E-state index contributed by atoms with van der Waals surface area (Å²) >= 11 is 0. The van der Waals surface area contributed by atoms with Crippen molar-refractivity contribution in [3.8, 4) is 0 Å². The van der Waals surface area contributed by atoms with Crippen LogP contribution in [0.5, 0.6) is 0 Å². The van der Waals surface area contributed by atoms with Crippen LogP contribution in [0.25, 0.3) is 0 Å². The van der Waals surface area contributed by atoms with Gasteiger partial charge in [-0.15, -0.1) is 0 Å². The zero-order valence-electron chi connectivity index (χ0n) is 45.9. The van der Waals surface area contributed by atoms with Crippen LogP contribution in [0, 0.1) is 0 Å². The third kappa shape index (κ3) is 52.6. The Morgan fingerprint density at radius 2 is 0.814 bits per heavy atom. The normalized spacial score (nSPS) is 13.3. The number of rotatable bonds is 52. The molecule has 1 N–H and O–H groups in total. The van der Waals surface area contributed by atoms with Gasteiger partial charge in [-0.25, -0.2) is 4.79 Å². The Kier molecular flexibility index (Phi) is 49.6. The maximum Gasteiger partial charge on any atom is 0.361 e. The molecule has 9 heteroatoms. The van der Waals surface area contributed by atoms with Crippen LogP contribution in [-0.2, 0) is 33.3 Å². The number of esters is 2. The molecule has 70 heavy (non-hydrogen) atoms. The van der Waals surface area contributed by atoms with E-state index in [-0.39, 0.29) is 38.6 Å². The molecule has 0 fully saturated rings. The summed E-state index contributed by atoms with van der Waals surface area (Å²) in [5, 5.41) is 9.69. The van der Waals surface area contributed by atoms with Gasteiger partial charge in [-0.1, -0.05) is 247 Å². The number of carboxylic acid groups (broad SMARTS) is 1. The molecule has 0 heterocycles. The minimum atomic E-state index is -1.53. The lowest BCUT2D eigenvalue weighted by Gasteiger charge is -2.25. The topological polar surface area (TPSA) is 108 Å². The van der Waals surface area contributed by atoms with Gasteiger partial charge < -0.3 is 28.5 Å². The quantitative estimate of drug-likeness (QED) is 0.0211. The maximum absolute atomic E-state index is 12.8. The molecule has 0 aromatic rings. The van der Waals surface area contributed by atoms with Crippen molar-refractivity contribution in [3.63, 3.8) is 0 Å². The molecule has 0 aliphatic heterocycles. The molecule has 0 amide bonds. The highest BCUT2D eigenvalue weighted by molar-refractivity contribution is 5.71. The summed E-state index contributed by atoms with van der Waals surface area (Å²) in [4.78, 5) is 37.3. The average Bonchev–Trinajstić information content (AvgIpc) is 3.33. The van der Waals surface area contributed by atoms with Crippen molar-refractivity contribution in [1.29, 1.82) is 0 Å². The predicted molar refractivity (Wildman–Crippen MR) is 295 cm³/mol. The van der Waals surface area contributed by atoms with Gasteiger partial charge in [-0.05, 0) is 51.4 Å². The number of hydrogen-bond donors (Lipinski definition) is 1. The molecule has 0 rings (SSSR count). The molecule has 0 aromatic carbocycles. The van der Waals surface area contributed by atoms with E-state index in [1.165, 1.54) is 148 Å². The van der Waals surface area contributed by atoms with Gasteiger partial charge in [-0.3, -0.25) is 9.59 Å². The van der Waals surface area contributed by atoms with Gasteiger partial charge in [0.05, 0.1) is 34.4 Å². The molecule has 0 bridgehead atoms. The summed E-state index contributed by atoms with van der Waals surface area (Å²) in [6.07, 6.45) is 64.4. The molecule has 404 valence electrons. The van der Waals surface area contributed by atoms with Crippen molar-refractivity contribution in [2.75, 3.05) is 47.5 Å². The first-order chi connectivity index (χ1) is 34.1. The number of hydrogen-bond acceptors (Lipinski definition) is 7. The van der Waals surface area contributed by atoms with Crippen molar-refractivity contribution in [2.45, 2.75) is 251 Å². The molecule has 9 nitrogen and oxygen atoms in total. The number of nitrogens with zero attached hydrogens (tertiary/aromatic N) is 1. The number of quaternary nitrogens is 1. The fourth-order valence-corrected chi connectivity index (χ4v) is 7.86. The second-order valence-corrected chi connectivity index (χ2v) is 20.2. The van der Waals surface area contributed by atoms with Crippen LogP contribution in [0.1, 0.15) is 239 Å². The highest BCUT2D eigenvalue weighted by Gasteiger charge is 2.25. The van der Waals surface area contributed by atoms with E-state index in [2.05, 4.69) is 74.6 Å². The van der Waals surface area contributed by atoms with Crippen molar-refractivity contribution in [3.05, 3.63) is 72.9 Å². The van der Waals surface area contributed by atoms with Crippen LogP contribution in [0.15, 0.2) is 72.9 Å². The average molecular weight is 984 g/mol. The van der Waals surface area contributed by atoms with Gasteiger partial charge in [-0.2, -0.15) is 0 Å². The van der Waals surface area contributed by atoms with Crippen molar-refractivity contribution < 1.29 is 42.9 Å². The first-order valence-corrected chi connectivity index (χ1v) is 28.6. The minimum Gasteiger partial charge on any atom is -0.477 e. The van der Waals surface area contributed by atoms with Crippen LogP contribution in [-0.4, -0.2) is 87.4 Å². The van der Waals surface area contributed by atoms with Gasteiger partial charge in [0.1, 0.15) is 13.2 Å². The summed E-state index contributed by atoms with van der Waals surface area (Å²) in [5.41, 5.74) is 0. The Morgan fingerprint density at radius 3 is 1.19 bits per heavy atom. The Bertz CT molecular complexity index is 1380. The van der Waals surface area contributed by atoms with Gasteiger partial charge in [0.25, 0.3) is 6.29 Å². The molecule has 2 unspecified atom stereocenters. The Labute approximate surface area is 430 Å². The lowest BCUT2D eigenvalue weighted by Crippen LogP contribution is -2.40. The second kappa shape index (κ2) is 52.1. The van der Waals surface area contributed by atoms with E-state index >= 15 is 0 Å². The molecule has 0 radical (unpaired) electrons. The van der Waals surface area contributed by atoms with Gasteiger partial charge in [0.2, 0.25) is 0 Å². The molecule has 0 saturated carbocycles. The lowest BCUT2D eigenvalue weighted by atomic mass is 10.0. The van der Waals surface area contributed by atoms with Crippen LogP contribution >= 0.6 is 0 Å². The van der Waals surface area contributed by atoms with E-state index in [0.717, 1.165) is 57.8 Å². The van der Waals surface area contributed by atoms with Crippen LogP contribution in [0.2, 0.25) is 0 Å². The fraction of sp³-hybridized carbons (Fsp3) is 0.754. The Balaban J connectivity index is 4.29. The van der Waals surface area contributed by atoms with Crippen LogP contribution < -0.4 is 0 Å². The number of aliphatic carboxylic acids is 1. The van der Waals surface area contributed by atoms with E-state index in [1.54, 1.807) is 0 Å². The number of carbonyl (C=O) groups is 3. The zero-order chi connectivity index (χ0) is 51.3. The molecular weight excluding hydrogens is 875 g/mol. The Hall–Kier alpha value is -3.27. The number of carboxylic acids is 1. The number of likely N-dealkylation sites (N-methyl/N-ethyl adjacent to an activating group) is 1. The molecule has 0 aliphatic rings. The van der Waals surface area contributed by atoms with Gasteiger partial charge in [0.15, 0.2) is 6.10 Å². The third-order valence-electron chi connectivity index (χ3n) is 12.2. The number of carbonyl (C=O) groups excluding carboxylic acids is 2. The van der Waals surface area contributed by atoms with Gasteiger partial charge >= 0.3 is 17.9 Å². The van der Waals surface area contributed by atoms with E-state index in [9.17, 15) is 19.5 Å². The van der Waals surface area contributed by atoms with E-state index in [1.807, 2.05) is 33.3 Å². The highest BCUT2D eigenvalue weighted by atomic mass is 16.7. The minimum absolute atomic E-state index is 0.133. The van der Waals surface area contributed by atoms with E-state index < -0.39 is 24.3 Å². The molecule has 0 aliphatic carbocycles. The predicted octanol–water partition coefficient (Wildman–Crippen LogP) is 16.6. The van der Waals surface area contributed by atoms with Gasteiger partial charge in [0, 0.05) is 12.8 Å². The maximum atomic E-state index is 12.8. The molecule has 0 aromatic heterocycles. The largest absolute Gasteiger partial charge is 0.477 e. The lowest BCUT2D eigenvalue weighted by molar-refractivity contribution is -0.870. The third-order valence-corrected chi connectivity index (χ3v) is 12.2. The Morgan fingerprint density at radius 1 is 0.443 bits per heavy atom. The first-order valence-electron chi connectivity index (χ1n) is 28.6. The summed E-state index contributed by atoms with van der Waals surface area (Å²) in [6.45, 7) is 4.70. The van der Waals surface area contributed by atoms with Crippen LogP contribution in [0.3, 0.4) is 0 Å². The number of allylic oxidation sites excluding steroid dienone is 12. The molecular formula is C61H108NO8+. The van der Waals surface area contributed by atoms with Crippen molar-refractivity contribution in [1.82, 2.24) is 0 Å².